The molecule has 27 heavy (non-hydrogen) atoms. The van der Waals surface area contributed by atoms with E-state index in [2.05, 4.69) is 19.9 Å². The van der Waals surface area contributed by atoms with Gasteiger partial charge in [0.2, 0.25) is 0 Å². The SMILES string of the molecule is Cc1[nH]c(=O)[nH]c1C(=O)N(C)CC1CCN(c2cnc3ccccc3n2)C1. The average Bonchev–Trinajstić information content (AvgIpc) is 3.26. The van der Waals surface area contributed by atoms with Crippen molar-refractivity contribution in [2.24, 2.45) is 5.92 Å². The van der Waals surface area contributed by atoms with Crippen LogP contribution in [0.25, 0.3) is 11.0 Å². The Kier molecular flexibility index (Phi) is 4.39. The monoisotopic (exact) mass is 366 g/mol. The fourth-order valence-corrected chi connectivity index (χ4v) is 3.64. The number of anilines is 1. The second kappa shape index (κ2) is 6.86. The van der Waals surface area contributed by atoms with Gasteiger partial charge in [-0.1, -0.05) is 12.1 Å². The van der Waals surface area contributed by atoms with E-state index in [0.29, 0.717) is 23.9 Å². The number of carbonyl (C=O) groups is 1. The topological polar surface area (TPSA) is 98.0 Å². The van der Waals surface area contributed by atoms with Gasteiger partial charge >= 0.3 is 5.69 Å². The predicted molar refractivity (Wildman–Crippen MR) is 103 cm³/mol. The van der Waals surface area contributed by atoms with Crippen molar-refractivity contribution in [1.29, 1.82) is 0 Å². The van der Waals surface area contributed by atoms with E-state index in [1.54, 1.807) is 18.9 Å². The summed E-state index contributed by atoms with van der Waals surface area (Å²) in [5.74, 6) is 1.05. The Hall–Kier alpha value is -3.16. The molecule has 1 saturated heterocycles. The van der Waals surface area contributed by atoms with Crippen molar-refractivity contribution in [1.82, 2.24) is 24.8 Å². The largest absolute Gasteiger partial charge is 0.355 e. The van der Waals surface area contributed by atoms with Crippen LogP contribution in [0.5, 0.6) is 0 Å². The minimum absolute atomic E-state index is 0.171. The van der Waals surface area contributed by atoms with Crippen LogP contribution in [0.15, 0.2) is 35.3 Å². The number of carbonyl (C=O) groups excluding carboxylic acids is 1. The third kappa shape index (κ3) is 3.42. The van der Waals surface area contributed by atoms with Crippen LogP contribution in [-0.4, -0.2) is 57.4 Å². The summed E-state index contributed by atoms with van der Waals surface area (Å²) in [4.78, 5) is 42.2. The van der Waals surface area contributed by atoms with Crippen LogP contribution in [0.1, 0.15) is 22.6 Å². The quantitative estimate of drug-likeness (QED) is 0.730. The maximum Gasteiger partial charge on any atom is 0.323 e. The van der Waals surface area contributed by atoms with Crippen molar-refractivity contribution in [3.8, 4) is 0 Å². The highest BCUT2D eigenvalue weighted by Gasteiger charge is 2.27. The van der Waals surface area contributed by atoms with Gasteiger partial charge in [-0.15, -0.1) is 0 Å². The lowest BCUT2D eigenvalue weighted by molar-refractivity contribution is 0.0770. The van der Waals surface area contributed by atoms with Gasteiger partial charge < -0.3 is 19.8 Å². The van der Waals surface area contributed by atoms with Crippen molar-refractivity contribution in [3.05, 3.63) is 52.3 Å². The van der Waals surface area contributed by atoms with E-state index in [4.69, 9.17) is 4.98 Å². The lowest BCUT2D eigenvalue weighted by Gasteiger charge is -2.22. The van der Waals surface area contributed by atoms with Crippen LogP contribution in [0.2, 0.25) is 0 Å². The Morgan fingerprint density at radius 2 is 2.07 bits per heavy atom. The van der Waals surface area contributed by atoms with Gasteiger partial charge in [-0.05, 0) is 31.4 Å². The molecule has 1 fully saturated rings. The molecular weight excluding hydrogens is 344 g/mol. The molecule has 8 nitrogen and oxygen atoms in total. The lowest BCUT2D eigenvalue weighted by Crippen LogP contribution is -2.34. The number of fused-ring (bicyclic) bond motifs is 1. The number of nitrogens with one attached hydrogen (secondary N) is 2. The number of amides is 1. The van der Waals surface area contributed by atoms with E-state index < -0.39 is 0 Å². The zero-order valence-corrected chi connectivity index (χ0v) is 15.4. The number of aromatic nitrogens is 4. The molecule has 140 valence electrons. The van der Waals surface area contributed by atoms with Crippen LogP contribution in [0.3, 0.4) is 0 Å². The summed E-state index contributed by atoms with van der Waals surface area (Å²) in [5, 5.41) is 0. The third-order valence-electron chi connectivity index (χ3n) is 5.05. The summed E-state index contributed by atoms with van der Waals surface area (Å²) in [6.07, 6.45) is 2.79. The molecular formula is C19H22N6O2. The molecule has 0 spiro atoms. The maximum absolute atomic E-state index is 12.6. The van der Waals surface area contributed by atoms with E-state index in [1.807, 2.05) is 30.5 Å². The number of para-hydroxylation sites is 2. The fourth-order valence-electron chi connectivity index (χ4n) is 3.64. The molecule has 1 atom stereocenters. The zero-order valence-electron chi connectivity index (χ0n) is 15.4. The first-order chi connectivity index (χ1) is 13.0. The average molecular weight is 366 g/mol. The number of rotatable bonds is 4. The Balaban J connectivity index is 1.42. The summed E-state index contributed by atoms with van der Waals surface area (Å²) in [6.45, 7) is 4.06. The molecule has 1 aromatic carbocycles. The molecule has 3 heterocycles. The first kappa shape index (κ1) is 17.3. The zero-order chi connectivity index (χ0) is 19.0. The Morgan fingerprint density at radius 1 is 1.30 bits per heavy atom. The molecule has 1 unspecified atom stereocenters. The number of hydrogen-bond acceptors (Lipinski definition) is 5. The Morgan fingerprint density at radius 3 is 2.81 bits per heavy atom. The number of imidazole rings is 1. The lowest BCUT2D eigenvalue weighted by atomic mass is 10.1. The highest BCUT2D eigenvalue weighted by Crippen LogP contribution is 2.24. The molecule has 3 aromatic rings. The summed E-state index contributed by atoms with van der Waals surface area (Å²) in [5.41, 5.74) is 2.32. The van der Waals surface area contributed by atoms with Gasteiger partial charge in [-0.3, -0.25) is 9.78 Å². The number of aromatic amines is 2. The maximum atomic E-state index is 12.6. The smallest absolute Gasteiger partial charge is 0.323 e. The minimum atomic E-state index is -0.355. The first-order valence-electron chi connectivity index (χ1n) is 9.02. The van der Waals surface area contributed by atoms with E-state index in [0.717, 1.165) is 36.4 Å². The summed E-state index contributed by atoms with van der Waals surface area (Å²) in [6, 6.07) is 7.83. The predicted octanol–water partition coefficient (Wildman–Crippen LogP) is 1.55. The first-order valence-corrected chi connectivity index (χ1v) is 9.02. The molecule has 1 amide bonds. The van der Waals surface area contributed by atoms with Crippen LogP contribution in [0, 0.1) is 12.8 Å². The summed E-state index contributed by atoms with van der Waals surface area (Å²) >= 11 is 0. The van der Waals surface area contributed by atoms with Gasteiger partial charge in [0.15, 0.2) is 0 Å². The third-order valence-corrected chi connectivity index (χ3v) is 5.05. The van der Waals surface area contributed by atoms with Crippen LogP contribution in [0.4, 0.5) is 5.82 Å². The van der Waals surface area contributed by atoms with Crippen molar-refractivity contribution < 1.29 is 4.79 Å². The molecule has 0 bridgehead atoms. The molecule has 2 aromatic heterocycles. The van der Waals surface area contributed by atoms with Crippen molar-refractivity contribution >= 4 is 22.8 Å². The van der Waals surface area contributed by atoms with E-state index >= 15 is 0 Å². The van der Waals surface area contributed by atoms with E-state index in [9.17, 15) is 9.59 Å². The van der Waals surface area contributed by atoms with E-state index in [-0.39, 0.29) is 11.6 Å². The molecule has 2 N–H and O–H groups in total. The van der Waals surface area contributed by atoms with Gasteiger partial charge in [-0.25, -0.2) is 9.78 Å². The molecule has 1 aliphatic heterocycles. The summed E-state index contributed by atoms with van der Waals surface area (Å²) in [7, 11) is 1.77. The number of benzene rings is 1. The fraction of sp³-hybridized carbons (Fsp3) is 0.368. The van der Waals surface area contributed by atoms with Crippen LogP contribution in [-0.2, 0) is 0 Å². The van der Waals surface area contributed by atoms with Gasteiger partial charge in [0.05, 0.1) is 17.2 Å². The number of hydrogen-bond donors (Lipinski definition) is 2. The highest BCUT2D eigenvalue weighted by atomic mass is 16.2. The summed E-state index contributed by atoms with van der Waals surface area (Å²) < 4.78 is 0. The standard InChI is InChI=1S/C19H22N6O2/c1-12-17(23-19(27)21-12)18(26)24(2)10-13-7-8-25(11-13)16-9-20-14-5-3-4-6-15(14)22-16/h3-6,9,13H,7-8,10-11H2,1-2H3,(H2,21,23,27). The van der Waals surface area contributed by atoms with E-state index in [1.165, 1.54) is 0 Å². The van der Waals surface area contributed by atoms with Crippen molar-refractivity contribution in [3.63, 3.8) is 0 Å². The number of aryl methyl sites for hydroxylation is 1. The molecule has 0 radical (unpaired) electrons. The van der Waals surface area contributed by atoms with Crippen LogP contribution < -0.4 is 10.6 Å². The van der Waals surface area contributed by atoms with Gasteiger partial charge in [0, 0.05) is 32.4 Å². The second-order valence-electron chi connectivity index (χ2n) is 7.08. The van der Waals surface area contributed by atoms with Crippen molar-refractivity contribution in [2.45, 2.75) is 13.3 Å². The Labute approximate surface area is 156 Å². The van der Waals surface area contributed by atoms with Gasteiger partial charge in [-0.2, -0.15) is 0 Å². The second-order valence-corrected chi connectivity index (χ2v) is 7.08. The minimum Gasteiger partial charge on any atom is -0.355 e. The highest BCUT2D eigenvalue weighted by molar-refractivity contribution is 5.93. The van der Waals surface area contributed by atoms with Gasteiger partial charge in [0.1, 0.15) is 11.5 Å². The number of nitrogens with zero attached hydrogens (tertiary/aromatic N) is 4. The van der Waals surface area contributed by atoms with Crippen LogP contribution >= 0.6 is 0 Å². The molecule has 0 aliphatic carbocycles. The van der Waals surface area contributed by atoms with Gasteiger partial charge in [0.25, 0.3) is 5.91 Å². The molecule has 4 rings (SSSR count). The molecule has 1 aliphatic rings. The molecule has 0 saturated carbocycles. The molecule has 8 heteroatoms. The Bertz CT molecular complexity index is 1040. The normalized spacial score (nSPS) is 16.8. The van der Waals surface area contributed by atoms with Crippen molar-refractivity contribution in [2.75, 3.05) is 31.6 Å². The number of H-pyrrole nitrogens is 2.